The number of ether oxygens (including phenoxy) is 1. The highest BCUT2D eigenvalue weighted by Crippen LogP contribution is 2.33. The quantitative estimate of drug-likeness (QED) is 0.589. The highest BCUT2D eigenvalue weighted by molar-refractivity contribution is 7.89. The third-order valence-corrected chi connectivity index (χ3v) is 6.29. The Morgan fingerprint density at radius 3 is 2.30 bits per heavy atom. The number of benzene rings is 3. The number of amides is 1. The molecule has 0 heterocycles. The molecule has 0 aromatic heterocycles. The van der Waals surface area contributed by atoms with Crippen LogP contribution in [0.4, 0.5) is 10.1 Å². The summed E-state index contributed by atoms with van der Waals surface area (Å²) in [6, 6.07) is 16.7. The molecule has 9 heteroatoms. The van der Waals surface area contributed by atoms with Crippen LogP contribution < -0.4 is 10.1 Å². The Balaban J connectivity index is 1.90. The van der Waals surface area contributed by atoms with Crippen molar-refractivity contribution >= 4 is 33.2 Å². The van der Waals surface area contributed by atoms with Gasteiger partial charge in [-0.2, -0.15) is 0 Å². The average Bonchev–Trinajstić information content (AvgIpc) is 2.71. The number of sulfonamides is 1. The van der Waals surface area contributed by atoms with E-state index in [0.717, 1.165) is 16.4 Å². The molecule has 0 aliphatic rings. The molecule has 6 nitrogen and oxygen atoms in total. The number of para-hydroxylation sites is 3. The molecule has 0 spiro atoms. The van der Waals surface area contributed by atoms with E-state index in [1.807, 2.05) is 0 Å². The first-order chi connectivity index (χ1) is 14.2. The molecular formula is C21H18ClFN2O4S. The van der Waals surface area contributed by atoms with Crippen LogP contribution in [0.25, 0.3) is 0 Å². The smallest absolute Gasteiger partial charge is 0.255 e. The summed E-state index contributed by atoms with van der Waals surface area (Å²) in [6.45, 7) is 0. The van der Waals surface area contributed by atoms with E-state index in [9.17, 15) is 17.6 Å². The minimum Gasteiger partial charge on any atom is -0.454 e. The second-order valence-electron chi connectivity index (χ2n) is 6.42. The van der Waals surface area contributed by atoms with E-state index in [1.54, 1.807) is 48.5 Å². The molecule has 0 aliphatic carbocycles. The topological polar surface area (TPSA) is 75.7 Å². The molecule has 1 amide bonds. The van der Waals surface area contributed by atoms with Crippen LogP contribution in [0.15, 0.2) is 71.6 Å². The summed E-state index contributed by atoms with van der Waals surface area (Å²) >= 11 is 6.12. The summed E-state index contributed by atoms with van der Waals surface area (Å²) < 4.78 is 45.4. The van der Waals surface area contributed by atoms with Crippen LogP contribution in [0.3, 0.4) is 0 Å². The predicted molar refractivity (Wildman–Crippen MR) is 113 cm³/mol. The van der Waals surface area contributed by atoms with E-state index in [4.69, 9.17) is 16.3 Å². The Bertz CT molecular complexity index is 1200. The number of hydrogen-bond acceptors (Lipinski definition) is 4. The molecule has 0 aliphatic heterocycles. The van der Waals surface area contributed by atoms with Crippen molar-refractivity contribution in [2.75, 3.05) is 19.4 Å². The lowest BCUT2D eigenvalue weighted by atomic mass is 10.2. The van der Waals surface area contributed by atoms with E-state index in [0.29, 0.717) is 22.2 Å². The number of carbonyl (C=O) groups is 1. The lowest BCUT2D eigenvalue weighted by Crippen LogP contribution is -2.24. The van der Waals surface area contributed by atoms with Crippen LogP contribution in [-0.2, 0) is 10.0 Å². The molecule has 0 atom stereocenters. The maximum absolute atomic E-state index is 14.1. The van der Waals surface area contributed by atoms with Gasteiger partial charge in [0.05, 0.1) is 10.7 Å². The summed E-state index contributed by atoms with van der Waals surface area (Å²) in [7, 11) is -1.49. The van der Waals surface area contributed by atoms with Gasteiger partial charge in [-0.3, -0.25) is 4.79 Å². The first kappa shape index (κ1) is 21.8. The van der Waals surface area contributed by atoms with Crippen LogP contribution in [0.5, 0.6) is 11.5 Å². The molecule has 0 unspecified atom stereocenters. The fraction of sp³-hybridized carbons (Fsp3) is 0.0952. The first-order valence-corrected chi connectivity index (χ1v) is 10.6. The Kier molecular flexibility index (Phi) is 6.40. The largest absolute Gasteiger partial charge is 0.454 e. The van der Waals surface area contributed by atoms with Gasteiger partial charge >= 0.3 is 0 Å². The van der Waals surface area contributed by atoms with Crippen LogP contribution >= 0.6 is 11.6 Å². The molecule has 1 N–H and O–H groups in total. The van der Waals surface area contributed by atoms with E-state index in [-0.39, 0.29) is 5.56 Å². The maximum atomic E-state index is 14.1. The molecule has 0 fully saturated rings. The zero-order valence-electron chi connectivity index (χ0n) is 16.1. The maximum Gasteiger partial charge on any atom is 0.255 e. The highest BCUT2D eigenvalue weighted by atomic mass is 35.5. The number of anilines is 1. The van der Waals surface area contributed by atoms with Gasteiger partial charge in [0.15, 0.2) is 5.75 Å². The van der Waals surface area contributed by atoms with Crippen molar-refractivity contribution in [1.29, 1.82) is 0 Å². The minimum absolute atomic E-state index is 0.0237. The Morgan fingerprint density at radius 1 is 1.00 bits per heavy atom. The van der Waals surface area contributed by atoms with Crippen LogP contribution in [0.2, 0.25) is 5.02 Å². The summed E-state index contributed by atoms with van der Waals surface area (Å²) in [4.78, 5) is 12.1. The molecule has 3 rings (SSSR count). The van der Waals surface area contributed by atoms with Crippen LogP contribution in [0.1, 0.15) is 10.4 Å². The van der Waals surface area contributed by atoms with E-state index in [1.165, 1.54) is 20.2 Å². The molecule has 0 bridgehead atoms. The average molecular weight is 449 g/mol. The third-order valence-electron chi connectivity index (χ3n) is 4.14. The van der Waals surface area contributed by atoms with Gasteiger partial charge in [0.2, 0.25) is 10.0 Å². The summed E-state index contributed by atoms with van der Waals surface area (Å²) in [5.41, 5.74) is 0.313. The minimum atomic E-state index is -4.05. The lowest BCUT2D eigenvalue weighted by Gasteiger charge is -2.15. The molecular weight excluding hydrogens is 431 g/mol. The Labute approximate surface area is 178 Å². The van der Waals surface area contributed by atoms with Gasteiger partial charge in [-0.25, -0.2) is 17.1 Å². The molecule has 3 aromatic carbocycles. The van der Waals surface area contributed by atoms with Crippen molar-refractivity contribution in [1.82, 2.24) is 4.31 Å². The van der Waals surface area contributed by atoms with Gasteiger partial charge in [0.25, 0.3) is 5.91 Å². The van der Waals surface area contributed by atoms with Crippen molar-refractivity contribution in [3.63, 3.8) is 0 Å². The normalized spacial score (nSPS) is 11.4. The Hall–Kier alpha value is -2.94. The summed E-state index contributed by atoms with van der Waals surface area (Å²) in [6.07, 6.45) is 0. The molecule has 30 heavy (non-hydrogen) atoms. The highest BCUT2D eigenvalue weighted by Gasteiger charge is 2.23. The van der Waals surface area contributed by atoms with Crippen molar-refractivity contribution in [3.8, 4) is 11.5 Å². The second-order valence-corrected chi connectivity index (χ2v) is 8.94. The number of halogens is 2. The molecule has 3 aromatic rings. The molecule has 156 valence electrons. The van der Waals surface area contributed by atoms with Gasteiger partial charge in [0, 0.05) is 19.7 Å². The Morgan fingerprint density at radius 2 is 1.63 bits per heavy atom. The lowest BCUT2D eigenvalue weighted by molar-refractivity contribution is 0.102. The first-order valence-electron chi connectivity index (χ1n) is 8.75. The van der Waals surface area contributed by atoms with Gasteiger partial charge in [0.1, 0.15) is 16.5 Å². The van der Waals surface area contributed by atoms with Crippen molar-refractivity contribution in [3.05, 3.63) is 83.1 Å². The standard InChI is InChI=1S/C21H18ClFN2O4S/c1-25(2)30(27,28)20-13-14(11-12-16(20)23)21(26)24-17-8-4-6-10-19(17)29-18-9-5-3-7-15(18)22/h3-13H,1-2H3,(H,24,26). The van der Waals surface area contributed by atoms with Gasteiger partial charge < -0.3 is 10.1 Å². The second kappa shape index (κ2) is 8.83. The molecule has 0 saturated carbocycles. The monoisotopic (exact) mass is 448 g/mol. The van der Waals surface area contributed by atoms with E-state index < -0.39 is 26.6 Å². The number of rotatable bonds is 6. The fourth-order valence-corrected chi connectivity index (χ4v) is 3.70. The van der Waals surface area contributed by atoms with Gasteiger partial charge in [-0.1, -0.05) is 35.9 Å². The van der Waals surface area contributed by atoms with E-state index in [2.05, 4.69) is 5.32 Å². The number of carbonyl (C=O) groups excluding carboxylic acids is 1. The summed E-state index contributed by atoms with van der Waals surface area (Å²) in [5.74, 6) is -0.827. The zero-order valence-corrected chi connectivity index (χ0v) is 17.7. The number of hydrogen-bond donors (Lipinski definition) is 1. The van der Waals surface area contributed by atoms with Gasteiger partial charge in [-0.05, 0) is 42.5 Å². The predicted octanol–water partition coefficient (Wildman–Crippen LogP) is 4.77. The fourth-order valence-electron chi connectivity index (χ4n) is 2.54. The summed E-state index contributed by atoms with van der Waals surface area (Å²) in [5, 5.41) is 3.05. The number of nitrogens with one attached hydrogen (secondary N) is 1. The van der Waals surface area contributed by atoms with E-state index >= 15 is 0 Å². The number of nitrogens with zero attached hydrogens (tertiary/aromatic N) is 1. The SMILES string of the molecule is CN(C)S(=O)(=O)c1cc(C(=O)Nc2ccccc2Oc2ccccc2Cl)ccc1F. The van der Waals surface area contributed by atoms with Crippen LogP contribution in [0, 0.1) is 5.82 Å². The van der Waals surface area contributed by atoms with Crippen molar-refractivity contribution in [2.24, 2.45) is 0 Å². The van der Waals surface area contributed by atoms with Crippen LogP contribution in [-0.4, -0.2) is 32.7 Å². The van der Waals surface area contributed by atoms with Crippen molar-refractivity contribution in [2.45, 2.75) is 4.90 Å². The molecule has 0 radical (unpaired) electrons. The molecule has 0 saturated heterocycles. The zero-order chi connectivity index (χ0) is 21.9. The van der Waals surface area contributed by atoms with Gasteiger partial charge in [-0.15, -0.1) is 0 Å². The third kappa shape index (κ3) is 4.62. The van der Waals surface area contributed by atoms with Crippen molar-refractivity contribution < 1.29 is 22.3 Å².